The third-order valence-electron chi connectivity index (χ3n) is 3.39. The van der Waals surface area contributed by atoms with Crippen LogP contribution in [0.3, 0.4) is 0 Å². The highest BCUT2D eigenvalue weighted by molar-refractivity contribution is 5.92. The van der Waals surface area contributed by atoms with Gasteiger partial charge in [0.2, 0.25) is 0 Å². The molecule has 1 amide bonds. The molecule has 2 aromatic rings. The molecule has 0 spiro atoms. The number of nitrogens with zero attached hydrogens (tertiary/aromatic N) is 1. The third-order valence-corrected chi connectivity index (χ3v) is 3.39. The Balaban J connectivity index is 1.96. The first kappa shape index (κ1) is 15.8. The molecule has 0 radical (unpaired) electrons. The summed E-state index contributed by atoms with van der Waals surface area (Å²) >= 11 is 0. The molecule has 5 heteroatoms. The Morgan fingerprint density at radius 3 is 2.59 bits per heavy atom. The molecule has 2 N–H and O–H groups in total. The summed E-state index contributed by atoms with van der Waals surface area (Å²) in [4.78, 5) is 22.9. The quantitative estimate of drug-likeness (QED) is 0.824. The van der Waals surface area contributed by atoms with Gasteiger partial charge in [-0.25, -0.2) is 0 Å². The van der Waals surface area contributed by atoms with Crippen LogP contribution in [0.5, 0.6) is 0 Å². The van der Waals surface area contributed by atoms with Gasteiger partial charge in [-0.2, -0.15) is 0 Å². The molecular formula is C17H20N2O3. The van der Waals surface area contributed by atoms with Gasteiger partial charge >= 0.3 is 5.97 Å². The Bertz CT molecular complexity index is 634. The van der Waals surface area contributed by atoms with E-state index in [9.17, 15) is 9.59 Å². The van der Waals surface area contributed by atoms with E-state index in [1.54, 1.807) is 13.0 Å². The van der Waals surface area contributed by atoms with Gasteiger partial charge in [-0.3, -0.25) is 9.59 Å². The van der Waals surface area contributed by atoms with Crippen molar-refractivity contribution in [3.8, 4) is 0 Å². The number of rotatable bonds is 7. The lowest BCUT2D eigenvalue weighted by atomic mass is 10.1. The summed E-state index contributed by atoms with van der Waals surface area (Å²) in [6.07, 6.45) is 1.91. The van der Waals surface area contributed by atoms with Gasteiger partial charge in [-0.1, -0.05) is 37.3 Å². The van der Waals surface area contributed by atoms with Crippen molar-refractivity contribution < 1.29 is 14.7 Å². The Hall–Kier alpha value is -2.56. The SMILES string of the molecule is CC(CNC(=O)c1cccn1Cc1ccccc1)CC(=O)O. The van der Waals surface area contributed by atoms with Gasteiger partial charge in [-0.15, -0.1) is 0 Å². The molecular weight excluding hydrogens is 280 g/mol. The fourth-order valence-electron chi connectivity index (χ4n) is 2.27. The van der Waals surface area contributed by atoms with E-state index in [2.05, 4.69) is 5.32 Å². The van der Waals surface area contributed by atoms with Gasteiger partial charge in [0, 0.05) is 25.7 Å². The van der Waals surface area contributed by atoms with E-state index in [4.69, 9.17) is 5.11 Å². The summed E-state index contributed by atoms with van der Waals surface area (Å²) in [7, 11) is 0. The van der Waals surface area contributed by atoms with Crippen LogP contribution in [0.2, 0.25) is 0 Å². The zero-order chi connectivity index (χ0) is 15.9. The first-order valence-corrected chi connectivity index (χ1v) is 7.25. The largest absolute Gasteiger partial charge is 0.481 e. The average molecular weight is 300 g/mol. The molecule has 22 heavy (non-hydrogen) atoms. The smallest absolute Gasteiger partial charge is 0.303 e. The van der Waals surface area contributed by atoms with E-state index in [0.29, 0.717) is 18.8 Å². The van der Waals surface area contributed by atoms with Crippen LogP contribution < -0.4 is 5.32 Å². The number of amides is 1. The highest BCUT2D eigenvalue weighted by Gasteiger charge is 2.13. The number of carboxylic acids is 1. The highest BCUT2D eigenvalue weighted by atomic mass is 16.4. The van der Waals surface area contributed by atoms with Crippen molar-refractivity contribution in [2.45, 2.75) is 19.9 Å². The van der Waals surface area contributed by atoms with Gasteiger partial charge in [-0.05, 0) is 23.6 Å². The van der Waals surface area contributed by atoms with Crippen LogP contribution in [-0.4, -0.2) is 28.1 Å². The highest BCUT2D eigenvalue weighted by Crippen LogP contribution is 2.08. The summed E-state index contributed by atoms with van der Waals surface area (Å²) in [5.41, 5.74) is 1.69. The van der Waals surface area contributed by atoms with Crippen LogP contribution in [0.4, 0.5) is 0 Å². The van der Waals surface area contributed by atoms with Crippen LogP contribution in [0.1, 0.15) is 29.4 Å². The molecule has 0 aliphatic rings. The van der Waals surface area contributed by atoms with Crippen molar-refractivity contribution in [2.24, 2.45) is 5.92 Å². The predicted molar refractivity (Wildman–Crippen MR) is 83.7 cm³/mol. The van der Waals surface area contributed by atoms with Gasteiger partial charge in [0.05, 0.1) is 0 Å². The number of carbonyl (C=O) groups is 2. The summed E-state index contributed by atoms with van der Waals surface area (Å²) in [6, 6.07) is 13.5. The predicted octanol–water partition coefficient (Wildman–Crippen LogP) is 2.38. The molecule has 1 aromatic heterocycles. The number of hydrogen-bond donors (Lipinski definition) is 2. The first-order chi connectivity index (χ1) is 10.6. The van der Waals surface area contributed by atoms with Crippen LogP contribution >= 0.6 is 0 Å². The number of carbonyl (C=O) groups excluding carboxylic acids is 1. The number of carboxylic acid groups (broad SMARTS) is 1. The van der Waals surface area contributed by atoms with Gasteiger partial charge in [0.25, 0.3) is 5.91 Å². The van der Waals surface area contributed by atoms with Gasteiger partial charge in [0.15, 0.2) is 0 Å². The average Bonchev–Trinajstić information content (AvgIpc) is 2.93. The molecule has 5 nitrogen and oxygen atoms in total. The molecule has 1 heterocycles. The molecule has 1 aromatic carbocycles. The van der Waals surface area contributed by atoms with Crippen LogP contribution in [-0.2, 0) is 11.3 Å². The second-order valence-corrected chi connectivity index (χ2v) is 5.42. The zero-order valence-electron chi connectivity index (χ0n) is 12.5. The van der Waals surface area contributed by atoms with Crippen LogP contribution in [0, 0.1) is 5.92 Å². The lowest BCUT2D eigenvalue weighted by Gasteiger charge is -2.12. The van der Waals surface area contributed by atoms with E-state index >= 15 is 0 Å². The maximum absolute atomic E-state index is 12.2. The molecule has 0 saturated carbocycles. The lowest BCUT2D eigenvalue weighted by Crippen LogP contribution is -2.30. The normalized spacial score (nSPS) is 11.9. The van der Waals surface area contributed by atoms with Crippen LogP contribution in [0.25, 0.3) is 0 Å². The Labute approximate surface area is 129 Å². The van der Waals surface area contributed by atoms with Crippen molar-refractivity contribution >= 4 is 11.9 Å². The Morgan fingerprint density at radius 2 is 1.91 bits per heavy atom. The fourth-order valence-corrected chi connectivity index (χ4v) is 2.27. The molecule has 0 bridgehead atoms. The lowest BCUT2D eigenvalue weighted by molar-refractivity contribution is -0.137. The number of hydrogen-bond acceptors (Lipinski definition) is 2. The van der Waals surface area contributed by atoms with E-state index in [1.807, 2.05) is 47.2 Å². The molecule has 0 saturated heterocycles. The van der Waals surface area contributed by atoms with E-state index in [-0.39, 0.29) is 18.2 Å². The number of benzene rings is 1. The molecule has 116 valence electrons. The summed E-state index contributed by atoms with van der Waals surface area (Å²) in [5.74, 6) is -1.13. The molecule has 0 aliphatic carbocycles. The molecule has 2 rings (SSSR count). The number of aliphatic carboxylic acids is 1. The zero-order valence-corrected chi connectivity index (χ0v) is 12.5. The molecule has 1 atom stereocenters. The summed E-state index contributed by atoms with van der Waals surface area (Å²) < 4.78 is 1.88. The molecule has 0 fully saturated rings. The Kier molecular flexibility index (Phi) is 5.36. The molecule has 0 aliphatic heterocycles. The van der Waals surface area contributed by atoms with Crippen molar-refractivity contribution in [3.05, 3.63) is 59.9 Å². The summed E-state index contributed by atoms with van der Waals surface area (Å²) in [6.45, 7) is 2.78. The van der Waals surface area contributed by atoms with Crippen LogP contribution in [0.15, 0.2) is 48.7 Å². The van der Waals surface area contributed by atoms with Crippen molar-refractivity contribution in [1.29, 1.82) is 0 Å². The second-order valence-electron chi connectivity index (χ2n) is 5.42. The van der Waals surface area contributed by atoms with Crippen molar-refractivity contribution in [1.82, 2.24) is 9.88 Å². The first-order valence-electron chi connectivity index (χ1n) is 7.25. The minimum absolute atomic E-state index is 0.0469. The fraction of sp³-hybridized carbons (Fsp3) is 0.294. The van der Waals surface area contributed by atoms with Crippen molar-refractivity contribution in [2.75, 3.05) is 6.54 Å². The van der Waals surface area contributed by atoms with E-state index in [0.717, 1.165) is 5.56 Å². The topological polar surface area (TPSA) is 71.3 Å². The van der Waals surface area contributed by atoms with Gasteiger partial charge < -0.3 is 15.0 Å². The van der Waals surface area contributed by atoms with E-state index in [1.165, 1.54) is 0 Å². The number of aromatic nitrogens is 1. The monoisotopic (exact) mass is 300 g/mol. The summed E-state index contributed by atoms with van der Waals surface area (Å²) in [5, 5.41) is 11.5. The third kappa shape index (κ3) is 4.48. The minimum Gasteiger partial charge on any atom is -0.481 e. The van der Waals surface area contributed by atoms with Gasteiger partial charge in [0.1, 0.15) is 5.69 Å². The molecule has 1 unspecified atom stereocenters. The van der Waals surface area contributed by atoms with Crippen molar-refractivity contribution in [3.63, 3.8) is 0 Å². The maximum atomic E-state index is 12.2. The van der Waals surface area contributed by atoms with E-state index < -0.39 is 5.97 Å². The Morgan fingerprint density at radius 1 is 1.18 bits per heavy atom. The maximum Gasteiger partial charge on any atom is 0.303 e. The number of nitrogens with one attached hydrogen (secondary N) is 1. The second kappa shape index (κ2) is 7.45. The standard InChI is InChI=1S/C17H20N2O3/c1-13(10-16(20)21)11-18-17(22)15-8-5-9-19(15)12-14-6-3-2-4-7-14/h2-9,13H,10-12H2,1H3,(H,18,22)(H,20,21). The minimum atomic E-state index is -0.853.